The van der Waals surface area contributed by atoms with E-state index in [1.807, 2.05) is 42.5 Å². The van der Waals surface area contributed by atoms with E-state index in [0.717, 1.165) is 52.9 Å². The van der Waals surface area contributed by atoms with Gasteiger partial charge >= 0.3 is 0 Å². The molecule has 3 aromatic rings. The molecule has 0 aromatic heterocycles. The molecule has 0 unspecified atom stereocenters. The summed E-state index contributed by atoms with van der Waals surface area (Å²) >= 11 is 0. The van der Waals surface area contributed by atoms with Crippen LogP contribution in [0.2, 0.25) is 0 Å². The molecule has 0 radical (unpaired) electrons. The van der Waals surface area contributed by atoms with Crippen molar-refractivity contribution in [3.8, 4) is 11.1 Å². The van der Waals surface area contributed by atoms with E-state index in [9.17, 15) is 5.11 Å². The van der Waals surface area contributed by atoms with Crippen molar-refractivity contribution < 1.29 is 14.6 Å². The zero-order chi connectivity index (χ0) is 23.9. The molecule has 3 aromatic carbocycles. The van der Waals surface area contributed by atoms with Crippen molar-refractivity contribution >= 4 is 0 Å². The molecule has 178 valence electrons. The Bertz CT molecular complexity index is 1070. The van der Waals surface area contributed by atoms with Gasteiger partial charge in [0, 0.05) is 31.6 Å². The van der Waals surface area contributed by atoms with E-state index >= 15 is 0 Å². The summed E-state index contributed by atoms with van der Waals surface area (Å²) in [7, 11) is 2.07. The van der Waals surface area contributed by atoms with E-state index in [4.69, 9.17) is 15.2 Å². The second-order valence-electron chi connectivity index (χ2n) is 8.89. The number of aliphatic hydroxyl groups excluding tert-OH is 1. The predicted octanol–water partition coefficient (Wildman–Crippen LogP) is 4.97. The highest BCUT2D eigenvalue weighted by molar-refractivity contribution is 5.64. The zero-order valence-electron chi connectivity index (χ0n) is 19.8. The molecule has 1 saturated heterocycles. The largest absolute Gasteiger partial charge is 0.392 e. The van der Waals surface area contributed by atoms with E-state index < -0.39 is 6.29 Å². The van der Waals surface area contributed by atoms with Crippen LogP contribution in [0.5, 0.6) is 0 Å². The fraction of sp³-hybridized carbons (Fsp3) is 0.310. The molecule has 1 fully saturated rings. The first-order chi connectivity index (χ1) is 16.6. The molecule has 1 heterocycles. The van der Waals surface area contributed by atoms with Crippen LogP contribution in [-0.4, -0.2) is 36.2 Å². The van der Waals surface area contributed by atoms with Gasteiger partial charge in [-0.3, -0.25) is 0 Å². The van der Waals surface area contributed by atoms with Crippen LogP contribution in [0.4, 0.5) is 0 Å². The highest BCUT2D eigenvalue weighted by Gasteiger charge is 2.32. The molecule has 0 amide bonds. The first kappa shape index (κ1) is 24.3. The highest BCUT2D eigenvalue weighted by Crippen LogP contribution is 2.38. The van der Waals surface area contributed by atoms with Gasteiger partial charge in [-0.1, -0.05) is 72.8 Å². The Morgan fingerprint density at radius 1 is 0.971 bits per heavy atom. The second-order valence-corrected chi connectivity index (χ2v) is 8.89. The molecule has 34 heavy (non-hydrogen) atoms. The summed E-state index contributed by atoms with van der Waals surface area (Å²) < 4.78 is 12.9. The summed E-state index contributed by atoms with van der Waals surface area (Å²) in [5.74, 6) is 0. The first-order valence-electron chi connectivity index (χ1n) is 11.8. The lowest BCUT2D eigenvalue weighted by atomic mass is 9.99. The Labute approximate surface area is 202 Å². The van der Waals surface area contributed by atoms with Crippen LogP contribution in [0.15, 0.2) is 85.5 Å². The average molecular weight is 459 g/mol. The fourth-order valence-electron chi connectivity index (χ4n) is 4.39. The third-order valence-corrected chi connectivity index (χ3v) is 6.25. The van der Waals surface area contributed by atoms with Crippen molar-refractivity contribution in [2.45, 2.75) is 38.1 Å². The summed E-state index contributed by atoms with van der Waals surface area (Å²) in [5.41, 5.74) is 12.2. The van der Waals surface area contributed by atoms with Gasteiger partial charge in [-0.25, -0.2) is 0 Å². The molecule has 1 aliphatic heterocycles. The number of nitrogens with two attached hydrogens (primary N) is 1. The topological polar surface area (TPSA) is 68.0 Å². The van der Waals surface area contributed by atoms with Gasteiger partial charge < -0.3 is 25.2 Å². The number of ether oxygens (including phenoxy) is 2. The summed E-state index contributed by atoms with van der Waals surface area (Å²) in [5, 5.41) is 9.38. The van der Waals surface area contributed by atoms with Gasteiger partial charge in [0.15, 0.2) is 6.29 Å². The number of rotatable bonds is 9. The summed E-state index contributed by atoms with van der Waals surface area (Å²) in [6.45, 7) is 6.00. The molecular weight excluding hydrogens is 424 g/mol. The molecule has 3 atom stereocenters. The maximum Gasteiger partial charge on any atom is 0.184 e. The van der Waals surface area contributed by atoms with Crippen molar-refractivity contribution in [1.29, 1.82) is 0 Å². The van der Waals surface area contributed by atoms with Crippen molar-refractivity contribution in [1.82, 2.24) is 4.90 Å². The number of likely N-dealkylation sites (N-methyl/N-ethyl adjacent to an activating group) is 1. The maximum atomic E-state index is 9.38. The third kappa shape index (κ3) is 6.00. The van der Waals surface area contributed by atoms with Crippen LogP contribution in [0.1, 0.15) is 41.1 Å². The molecule has 0 aliphatic carbocycles. The number of nitrogens with zero attached hydrogens (tertiary/aromatic N) is 1. The maximum absolute atomic E-state index is 9.38. The summed E-state index contributed by atoms with van der Waals surface area (Å²) in [6, 6.07) is 24.7. The van der Waals surface area contributed by atoms with Gasteiger partial charge in [0.25, 0.3) is 0 Å². The lowest BCUT2D eigenvalue weighted by Crippen LogP contribution is -2.37. The van der Waals surface area contributed by atoms with Crippen LogP contribution in [0, 0.1) is 0 Å². The Balaban J connectivity index is 1.55. The first-order valence-corrected chi connectivity index (χ1v) is 11.8. The normalized spacial score (nSPS) is 20.4. The summed E-state index contributed by atoms with van der Waals surface area (Å²) in [4.78, 5) is 2.21. The van der Waals surface area contributed by atoms with Crippen LogP contribution >= 0.6 is 0 Å². The lowest BCUT2D eigenvalue weighted by Gasteiger charge is -2.37. The van der Waals surface area contributed by atoms with Crippen LogP contribution in [0.3, 0.4) is 0 Å². The van der Waals surface area contributed by atoms with Crippen LogP contribution < -0.4 is 5.73 Å². The zero-order valence-corrected chi connectivity index (χ0v) is 19.8. The van der Waals surface area contributed by atoms with E-state index in [-0.39, 0.29) is 18.8 Å². The average Bonchev–Trinajstić information content (AvgIpc) is 2.89. The van der Waals surface area contributed by atoms with Gasteiger partial charge in [-0.2, -0.15) is 0 Å². The summed E-state index contributed by atoms with van der Waals surface area (Å²) in [6.07, 6.45) is 2.14. The molecule has 5 heteroatoms. The minimum Gasteiger partial charge on any atom is -0.392 e. The Kier molecular flexibility index (Phi) is 8.27. The molecular formula is C29H34N2O3. The van der Waals surface area contributed by atoms with Gasteiger partial charge in [0.05, 0.1) is 18.8 Å². The number of hydrogen-bond acceptors (Lipinski definition) is 5. The SMILES string of the molecule is C=CCN(C)C[C@@H]1C[C@H](c2ccc(CO)cc2)O[C@H](c2ccc(-c3cccc(CN)c3)cc2)O1. The standard InChI is InChI=1S/C29H34N2O3/c1-3-15-31(2)19-27-17-28(24-9-7-21(20-32)8-10-24)34-29(33-27)25-13-11-23(12-14-25)26-6-4-5-22(16-26)18-30/h3-14,16,27-29,32H,1,15,17-20,30H2,2H3/t27-,28+,29+/m0/s1. The third-order valence-electron chi connectivity index (χ3n) is 6.25. The fourth-order valence-corrected chi connectivity index (χ4v) is 4.39. The lowest BCUT2D eigenvalue weighted by molar-refractivity contribution is -0.252. The molecule has 3 N–H and O–H groups in total. The molecule has 0 bridgehead atoms. The Hall–Kier alpha value is -2.80. The van der Waals surface area contributed by atoms with Gasteiger partial charge in [-0.05, 0) is 40.9 Å². The Morgan fingerprint density at radius 2 is 1.71 bits per heavy atom. The predicted molar refractivity (Wildman–Crippen MR) is 136 cm³/mol. The van der Waals surface area contributed by atoms with Crippen LogP contribution in [-0.2, 0) is 22.6 Å². The van der Waals surface area contributed by atoms with Crippen molar-refractivity contribution in [3.05, 3.63) is 108 Å². The second kappa shape index (κ2) is 11.6. The van der Waals surface area contributed by atoms with E-state index in [1.54, 1.807) is 0 Å². The highest BCUT2D eigenvalue weighted by atomic mass is 16.7. The van der Waals surface area contributed by atoms with E-state index in [2.05, 4.69) is 54.9 Å². The minimum absolute atomic E-state index is 0.0205. The smallest absolute Gasteiger partial charge is 0.184 e. The molecule has 0 saturated carbocycles. The van der Waals surface area contributed by atoms with Gasteiger partial charge in [0.1, 0.15) is 0 Å². The molecule has 4 rings (SSSR count). The van der Waals surface area contributed by atoms with Crippen molar-refractivity contribution in [2.75, 3.05) is 20.1 Å². The van der Waals surface area contributed by atoms with E-state index in [0.29, 0.717) is 6.54 Å². The number of benzene rings is 3. The monoisotopic (exact) mass is 458 g/mol. The van der Waals surface area contributed by atoms with Crippen molar-refractivity contribution in [3.63, 3.8) is 0 Å². The molecule has 1 aliphatic rings. The minimum atomic E-state index is -0.456. The van der Waals surface area contributed by atoms with E-state index in [1.165, 1.54) is 0 Å². The Morgan fingerprint density at radius 3 is 2.38 bits per heavy atom. The van der Waals surface area contributed by atoms with Gasteiger partial charge in [0.2, 0.25) is 0 Å². The quantitative estimate of drug-likeness (QED) is 0.443. The molecule has 0 spiro atoms. The number of aliphatic hydroxyl groups is 1. The molecule has 5 nitrogen and oxygen atoms in total. The van der Waals surface area contributed by atoms with Gasteiger partial charge in [-0.15, -0.1) is 6.58 Å². The van der Waals surface area contributed by atoms with Crippen molar-refractivity contribution in [2.24, 2.45) is 5.73 Å². The number of hydrogen-bond donors (Lipinski definition) is 2. The van der Waals surface area contributed by atoms with Crippen LogP contribution in [0.25, 0.3) is 11.1 Å².